The van der Waals surface area contributed by atoms with Crippen molar-refractivity contribution in [3.8, 4) is 0 Å². The van der Waals surface area contributed by atoms with Crippen LogP contribution in [0.5, 0.6) is 0 Å². The number of thioether (sulfide) groups is 1. The zero-order valence-corrected chi connectivity index (χ0v) is 13.4. The van der Waals surface area contributed by atoms with E-state index >= 15 is 0 Å². The quantitative estimate of drug-likeness (QED) is 0.719. The summed E-state index contributed by atoms with van der Waals surface area (Å²) in [5, 5.41) is 0. The molecule has 0 aliphatic rings. The van der Waals surface area contributed by atoms with Gasteiger partial charge < -0.3 is 0 Å². The summed E-state index contributed by atoms with van der Waals surface area (Å²) < 4.78 is 14.0. The van der Waals surface area contributed by atoms with Crippen molar-refractivity contribution in [2.75, 3.05) is 5.75 Å². The van der Waals surface area contributed by atoms with Crippen LogP contribution in [0.3, 0.4) is 0 Å². The largest absolute Gasteiger partial charge is 0.298 e. The standard InChI is InChI=1S/C16H14BrFOS/c1-11-7-14(18)6-5-12(11)8-15(19)10-20-16-4-2-3-13(17)9-16/h2-7,9H,8,10H2,1H3. The van der Waals surface area contributed by atoms with E-state index < -0.39 is 0 Å². The second-order valence-corrected chi connectivity index (χ2v) is 6.50. The van der Waals surface area contributed by atoms with Crippen LogP contribution in [-0.2, 0) is 11.2 Å². The molecule has 0 amide bonds. The molecule has 0 N–H and O–H groups in total. The highest BCUT2D eigenvalue weighted by molar-refractivity contribution is 9.10. The first-order chi connectivity index (χ1) is 9.54. The number of Topliss-reactive ketones (excluding diaryl/α,β-unsaturated/α-hetero) is 1. The van der Waals surface area contributed by atoms with Crippen molar-refractivity contribution in [1.29, 1.82) is 0 Å². The normalized spacial score (nSPS) is 10.6. The van der Waals surface area contributed by atoms with Crippen molar-refractivity contribution in [1.82, 2.24) is 0 Å². The SMILES string of the molecule is Cc1cc(F)ccc1CC(=O)CSc1cccc(Br)c1. The van der Waals surface area contributed by atoms with Crippen LogP contribution in [0.4, 0.5) is 4.39 Å². The molecule has 0 fully saturated rings. The number of hydrogen-bond donors (Lipinski definition) is 0. The van der Waals surface area contributed by atoms with E-state index in [9.17, 15) is 9.18 Å². The van der Waals surface area contributed by atoms with E-state index in [1.165, 1.54) is 23.9 Å². The van der Waals surface area contributed by atoms with Crippen LogP contribution in [0.25, 0.3) is 0 Å². The van der Waals surface area contributed by atoms with Crippen LogP contribution >= 0.6 is 27.7 Å². The molecule has 2 aromatic carbocycles. The molecule has 0 unspecified atom stereocenters. The second-order valence-electron chi connectivity index (χ2n) is 4.53. The Kier molecular flexibility index (Phi) is 5.38. The molecule has 4 heteroatoms. The number of aryl methyl sites for hydroxylation is 1. The lowest BCUT2D eigenvalue weighted by Gasteiger charge is -2.05. The highest BCUT2D eigenvalue weighted by Gasteiger charge is 2.08. The van der Waals surface area contributed by atoms with Crippen LogP contribution < -0.4 is 0 Å². The van der Waals surface area contributed by atoms with Gasteiger partial charge in [-0.2, -0.15) is 0 Å². The lowest BCUT2D eigenvalue weighted by Crippen LogP contribution is -2.07. The van der Waals surface area contributed by atoms with Crippen LogP contribution in [-0.4, -0.2) is 11.5 Å². The van der Waals surface area contributed by atoms with E-state index in [1.807, 2.05) is 31.2 Å². The van der Waals surface area contributed by atoms with E-state index in [-0.39, 0.29) is 11.6 Å². The molecule has 2 aromatic rings. The Hall–Kier alpha value is -1.13. The maximum atomic E-state index is 13.0. The minimum absolute atomic E-state index is 0.143. The van der Waals surface area contributed by atoms with Gasteiger partial charge in [0.15, 0.2) is 0 Å². The maximum Gasteiger partial charge on any atom is 0.147 e. The number of ketones is 1. The van der Waals surface area contributed by atoms with Gasteiger partial charge in [-0.25, -0.2) is 4.39 Å². The summed E-state index contributed by atoms with van der Waals surface area (Å²) in [7, 11) is 0. The summed E-state index contributed by atoms with van der Waals surface area (Å²) in [5.41, 5.74) is 1.72. The zero-order valence-electron chi connectivity index (χ0n) is 11.0. The monoisotopic (exact) mass is 352 g/mol. The number of carbonyl (C=O) groups excluding carboxylic acids is 1. The fourth-order valence-corrected chi connectivity index (χ4v) is 3.21. The van der Waals surface area contributed by atoms with Gasteiger partial charge in [0.2, 0.25) is 0 Å². The first-order valence-electron chi connectivity index (χ1n) is 6.19. The third kappa shape index (κ3) is 4.46. The van der Waals surface area contributed by atoms with Gasteiger partial charge in [-0.1, -0.05) is 28.1 Å². The first kappa shape index (κ1) is 15.3. The molecule has 0 heterocycles. The van der Waals surface area contributed by atoms with Crippen LogP contribution in [0.2, 0.25) is 0 Å². The summed E-state index contributed by atoms with van der Waals surface area (Å²) in [6, 6.07) is 12.4. The number of halogens is 2. The predicted octanol–water partition coefficient (Wildman–Crippen LogP) is 4.80. The first-order valence-corrected chi connectivity index (χ1v) is 7.97. The molecule has 1 nitrogen and oxygen atoms in total. The molecule has 0 radical (unpaired) electrons. The average molecular weight is 353 g/mol. The van der Waals surface area contributed by atoms with Gasteiger partial charge in [-0.15, -0.1) is 11.8 Å². The molecule has 20 heavy (non-hydrogen) atoms. The van der Waals surface area contributed by atoms with E-state index in [4.69, 9.17) is 0 Å². The summed E-state index contributed by atoms with van der Waals surface area (Å²) >= 11 is 4.92. The third-order valence-electron chi connectivity index (χ3n) is 2.89. The molecule has 0 spiro atoms. The zero-order chi connectivity index (χ0) is 14.5. The number of carbonyl (C=O) groups is 1. The number of rotatable bonds is 5. The summed E-state index contributed by atoms with van der Waals surface area (Å²) in [4.78, 5) is 13.0. The molecule has 0 bridgehead atoms. The Balaban J connectivity index is 1.92. The van der Waals surface area contributed by atoms with Gasteiger partial charge in [0.25, 0.3) is 0 Å². The Morgan fingerprint density at radius 1 is 1.25 bits per heavy atom. The fraction of sp³-hybridized carbons (Fsp3) is 0.188. The van der Waals surface area contributed by atoms with E-state index in [1.54, 1.807) is 6.07 Å². The third-order valence-corrected chi connectivity index (χ3v) is 4.43. The van der Waals surface area contributed by atoms with E-state index in [0.717, 1.165) is 20.5 Å². The molecule has 0 saturated carbocycles. The molecule has 0 atom stereocenters. The molecule has 2 rings (SSSR count). The highest BCUT2D eigenvalue weighted by atomic mass is 79.9. The maximum absolute atomic E-state index is 13.0. The summed E-state index contributed by atoms with van der Waals surface area (Å²) in [6.45, 7) is 1.83. The fourth-order valence-electron chi connectivity index (χ4n) is 1.84. The van der Waals surface area contributed by atoms with Crippen LogP contribution in [0.1, 0.15) is 11.1 Å². The molecular formula is C16H14BrFOS. The highest BCUT2D eigenvalue weighted by Crippen LogP contribution is 2.22. The topological polar surface area (TPSA) is 17.1 Å². The van der Waals surface area contributed by atoms with E-state index in [2.05, 4.69) is 15.9 Å². The van der Waals surface area contributed by atoms with Gasteiger partial charge in [0.05, 0.1) is 5.75 Å². The minimum atomic E-state index is -0.262. The van der Waals surface area contributed by atoms with Gasteiger partial charge in [0, 0.05) is 15.8 Å². The minimum Gasteiger partial charge on any atom is -0.298 e. The summed E-state index contributed by atoms with van der Waals surface area (Å²) in [5.74, 6) is 0.305. The van der Waals surface area contributed by atoms with E-state index in [0.29, 0.717) is 12.2 Å². The van der Waals surface area contributed by atoms with Gasteiger partial charge in [0.1, 0.15) is 11.6 Å². The predicted molar refractivity (Wildman–Crippen MR) is 84.7 cm³/mol. The lowest BCUT2D eigenvalue weighted by atomic mass is 10.0. The van der Waals surface area contributed by atoms with Gasteiger partial charge in [-0.3, -0.25) is 4.79 Å². The van der Waals surface area contributed by atoms with Crippen molar-refractivity contribution in [3.05, 3.63) is 63.9 Å². The van der Waals surface area contributed by atoms with Crippen molar-refractivity contribution in [2.45, 2.75) is 18.2 Å². The Morgan fingerprint density at radius 2 is 2.05 bits per heavy atom. The molecule has 104 valence electrons. The molecule has 0 aromatic heterocycles. The molecule has 0 saturated heterocycles. The van der Waals surface area contributed by atoms with Crippen molar-refractivity contribution in [3.63, 3.8) is 0 Å². The second kappa shape index (κ2) is 7.04. The Morgan fingerprint density at radius 3 is 2.75 bits per heavy atom. The smallest absolute Gasteiger partial charge is 0.147 e. The molecule has 0 aliphatic carbocycles. The Labute approximate surface area is 130 Å². The van der Waals surface area contributed by atoms with Crippen LogP contribution in [0.15, 0.2) is 51.8 Å². The van der Waals surface area contributed by atoms with Crippen molar-refractivity contribution in [2.24, 2.45) is 0 Å². The van der Waals surface area contributed by atoms with Gasteiger partial charge >= 0.3 is 0 Å². The number of hydrogen-bond acceptors (Lipinski definition) is 2. The molecule has 0 aliphatic heterocycles. The molecular weight excluding hydrogens is 339 g/mol. The van der Waals surface area contributed by atoms with Crippen molar-refractivity contribution >= 4 is 33.5 Å². The van der Waals surface area contributed by atoms with Crippen LogP contribution in [0, 0.1) is 12.7 Å². The van der Waals surface area contributed by atoms with Crippen molar-refractivity contribution < 1.29 is 9.18 Å². The van der Waals surface area contributed by atoms with Gasteiger partial charge in [-0.05, 0) is 48.4 Å². The summed E-state index contributed by atoms with van der Waals surface area (Å²) in [6.07, 6.45) is 0.354. The number of benzene rings is 2. The lowest BCUT2D eigenvalue weighted by molar-refractivity contribution is -0.116. The average Bonchev–Trinajstić information content (AvgIpc) is 2.40. The Bertz CT molecular complexity index is 628.